The highest BCUT2D eigenvalue weighted by Gasteiger charge is 2.28. The van der Waals surface area contributed by atoms with Crippen LogP contribution in [0.5, 0.6) is 5.75 Å². The molecule has 0 bridgehead atoms. The lowest BCUT2D eigenvalue weighted by atomic mass is 10.1. The summed E-state index contributed by atoms with van der Waals surface area (Å²) < 4.78 is 11.1. The second-order valence-corrected chi connectivity index (χ2v) is 5.91. The predicted octanol–water partition coefficient (Wildman–Crippen LogP) is 2.12. The third kappa shape index (κ3) is 4.46. The fraction of sp³-hybridized carbons (Fsp3) is 0.353. The van der Waals surface area contributed by atoms with Crippen LogP contribution < -0.4 is 15.4 Å². The number of hydrogen-bond donors (Lipinski definition) is 2. The summed E-state index contributed by atoms with van der Waals surface area (Å²) >= 11 is 0. The minimum atomic E-state index is -0.712. The van der Waals surface area contributed by atoms with E-state index in [4.69, 9.17) is 9.47 Å². The van der Waals surface area contributed by atoms with Crippen molar-refractivity contribution in [1.82, 2.24) is 15.1 Å². The lowest BCUT2D eigenvalue weighted by Crippen LogP contribution is -2.27. The van der Waals surface area contributed by atoms with Gasteiger partial charge >= 0.3 is 6.09 Å². The molecule has 0 saturated carbocycles. The molecule has 1 aromatic heterocycles. The van der Waals surface area contributed by atoms with Gasteiger partial charge in [0.05, 0.1) is 30.4 Å². The maximum atomic E-state index is 12.7. The van der Waals surface area contributed by atoms with Gasteiger partial charge in [-0.25, -0.2) is 4.79 Å². The Hall–Kier alpha value is -3.18. The van der Waals surface area contributed by atoms with Gasteiger partial charge in [-0.3, -0.25) is 14.9 Å². The molecular formula is C17H20ClN5O6. The van der Waals surface area contributed by atoms with E-state index in [1.165, 1.54) is 25.3 Å². The fourth-order valence-electron chi connectivity index (χ4n) is 2.94. The molecule has 0 radical (unpaired) electrons. The molecule has 0 spiro atoms. The number of benzene rings is 1. The van der Waals surface area contributed by atoms with Crippen molar-refractivity contribution in [3.05, 3.63) is 45.1 Å². The Kier molecular flexibility index (Phi) is 7.13. The second kappa shape index (κ2) is 9.34. The van der Waals surface area contributed by atoms with Crippen molar-refractivity contribution in [3.8, 4) is 5.75 Å². The van der Waals surface area contributed by atoms with Gasteiger partial charge in [-0.05, 0) is 19.1 Å². The summed E-state index contributed by atoms with van der Waals surface area (Å²) in [4.78, 5) is 35.5. The van der Waals surface area contributed by atoms with Crippen LogP contribution >= 0.6 is 12.4 Å². The highest BCUT2D eigenvalue weighted by atomic mass is 35.5. The molecule has 0 unspecified atom stereocenters. The van der Waals surface area contributed by atoms with E-state index in [0.29, 0.717) is 30.8 Å². The third-order valence-electron chi connectivity index (χ3n) is 4.25. The van der Waals surface area contributed by atoms with Crippen LogP contribution in [-0.4, -0.2) is 47.0 Å². The van der Waals surface area contributed by atoms with Crippen molar-refractivity contribution in [2.75, 3.05) is 25.6 Å². The number of aromatic nitrogens is 2. The molecule has 2 N–H and O–H groups in total. The highest BCUT2D eigenvalue weighted by Crippen LogP contribution is 2.27. The number of rotatable bonds is 5. The number of ether oxygens (including phenoxy) is 2. The lowest BCUT2D eigenvalue weighted by Gasteiger charge is -2.14. The van der Waals surface area contributed by atoms with Crippen LogP contribution in [0, 0.1) is 10.1 Å². The van der Waals surface area contributed by atoms with Crippen LogP contribution in [0.25, 0.3) is 0 Å². The van der Waals surface area contributed by atoms with Gasteiger partial charge in [0, 0.05) is 25.1 Å². The molecule has 0 aliphatic carbocycles. The molecule has 29 heavy (non-hydrogen) atoms. The molecule has 1 aliphatic heterocycles. The molecule has 2 heterocycles. The van der Waals surface area contributed by atoms with Crippen molar-refractivity contribution in [2.45, 2.75) is 19.9 Å². The number of carbonyl (C=O) groups is 2. The van der Waals surface area contributed by atoms with E-state index in [0.717, 1.165) is 4.68 Å². The van der Waals surface area contributed by atoms with E-state index in [2.05, 4.69) is 15.7 Å². The van der Waals surface area contributed by atoms with Crippen molar-refractivity contribution in [3.63, 3.8) is 0 Å². The zero-order valence-corrected chi connectivity index (χ0v) is 16.6. The minimum Gasteiger partial charge on any atom is -0.497 e. The Morgan fingerprint density at radius 3 is 2.83 bits per heavy atom. The number of nitrogens with one attached hydrogen (secondary N) is 2. The average molecular weight is 426 g/mol. The fourth-order valence-corrected chi connectivity index (χ4v) is 2.94. The zero-order valence-electron chi connectivity index (χ0n) is 15.8. The van der Waals surface area contributed by atoms with E-state index in [-0.39, 0.29) is 36.1 Å². The Labute approximate surface area is 171 Å². The van der Waals surface area contributed by atoms with E-state index < -0.39 is 22.6 Å². The first-order chi connectivity index (χ1) is 13.5. The monoisotopic (exact) mass is 425 g/mol. The van der Waals surface area contributed by atoms with Gasteiger partial charge in [0.2, 0.25) is 0 Å². The molecule has 0 atom stereocenters. The SMILES string of the molecule is CCOC(=O)n1nc(NC(=O)c2ccc(OC)cc2[N+](=O)[O-])c2c1CCNC2.Cl. The minimum absolute atomic E-state index is 0. The zero-order chi connectivity index (χ0) is 20.3. The number of nitrogens with zero attached hydrogens (tertiary/aromatic N) is 3. The van der Waals surface area contributed by atoms with Gasteiger partial charge < -0.3 is 20.1 Å². The van der Waals surface area contributed by atoms with Crippen LogP contribution in [-0.2, 0) is 17.7 Å². The first-order valence-corrected chi connectivity index (χ1v) is 8.58. The maximum absolute atomic E-state index is 12.7. The number of halogens is 1. The van der Waals surface area contributed by atoms with Crippen LogP contribution in [0.2, 0.25) is 0 Å². The average Bonchev–Trinajstić information content (AvgIpc) is 3.06. The maximum Gasteiger partial charge on any atom is 0.434 e. The molecule has 1 aliphatic rings. The van der Waals surface area contributed by atoms with Gasteiger partial charge in [-0.15, -0.1) is 17.5 Å². The molecule has 0 saturated heterocycles. The van der Waals surface area contributed by atoms with Crippen LogP contribution in [0.1, 0.15) is 28.5 Å². The number of hydrogen-bond acceptors (Lipinski definition) is 8. The second-order valence-electron chi connectivity index (χ2n) is 5.91. The highest BCUT2D eigenvalue weighted by molar-refractivity contribution is 6.07. The van der Waals surface area contributed by atoms with Gasteiger partial charge in [0.1, 0.15) is 11.3 Å². The molecule has 12 heteroatoms. The van der Waals surface area contributed by atoms with Crippen molar-refractivity contribution in [1.29, 1.82) is 0 Å². The standard InChI is InChI=1S/C17H19N5O6.ClH/c1-3-28-17(24)21-13-6-7-18-9-12(13)15(20-21)19-16(23)11-5-4-10(27-2)8-14(11)22(25)26;/h4-5,8,18H,3,6-7,9H2,1-2H3,(H,19,20,23);1H. The number of methoxy groups -OCH3 is 1. The molecule has 0 fully saturated rings. The summed E-state index contributed by atoms with van der Waals surface area (Å²) in [6.45, 7) is 2.91. The van der Waals surface area contributed by atoms with E-state index in [1.807, 2.05) is 0 Å². The normalized spacial score (nSPS) is 12.3. The molecule has 1 aromatic carbocycles. The molecule has 11 nitrogen and oxygen atoms in total. The van der Waals surface area contributed by atoms with Crippen molar-refractivity contribution in [2.24, 2.45) is 0 Å². The number of carbonyl (C=O) groups excluding carboxylic acids is 2. The van der Waals surface area contributed by atoms with Crippen molar-refractivity contribution >= 4 is 35.9 Å². The summed E-state index contributed by atoms with van der Waals surface area (Å²) in [7, 11) is 1.38. The first kappa shape index (κ1) is 22.1. The van der Waals surface area contributed by atoms with Gasteiger partial charge in [-0.2, -0.15) is 4.68 Å². The predicted molar refractivity (Wildman–Crippen MR) is 105 cm³/mol. The summed E-state index contributed by atoms with van der Waals surface area (Å²) in [6.07, 6.45) is -0.115. The molecule has 3 rings (SSSR count). The summed E-state index contributed by atoms with van der Waals surface area (Å²) in [6, 6.07) is 3.93. The molecular weight excluding hydrogens is 406 g/mol. The van der Waals surface area contributed by atoms with Crippen LogP contribution in [0.4, 0.5) is 16.3 Å². The summed E-state index contributed by atoms with van der Waals surface area (Å²) in [5.41, 5.74) is 0.739. The van der Waals surface area contributed by atoms with Gasteiger partial charge in [0.15, 0.2) is 5.82 Å². The number of amides is 1. The largest absolute Gasteiger partial charge is 0.497 e. The number of fused-ring (bicyclic) bond motifs is 1. The van der Waals surface area contributed by atoms with Gasteiger partial charge in [0.25, 0.3) is 11.6 Å². The Morgan fingerprint density at radius 2 is 2.17 bits per heavy atom. The Morgan fingerprint density at radius 1 is 1.41 bits per heavy atom. The Balaban J connectivity index is 0.00000300. The lowest BCUT2D eigenvalue weighted by molar-refractivity contribution is -0.385. The molecule has 156 valence electrons. The van der Waals surface area contributed by atoms with Crippen molar-refractivity contribution < 1.29 is 24.0 Å². The summed E-state index contributed by atoms with van der Waals surface area (Å²) in [5, 5.41) is 21.2. The van der Waals surface area contributed by atoms with E-state index in [1.54, 1.807) is 6.92 Å². The summed E-state index contributed by atoms with van der Waals surface area (Å²) in [5.74, 6) is -0.293. The topological polar surface area (TPSA) is 138 Å². The van der Waals surface area contributed by atoms with Crippen LogP contribution in [0.3, 0.4) is 0 Å². The van der Waals surface area contributed by atoms with E-state index >= 15 is 0 Å². The Bertz CT molecular complexity index is 945. The van der Waals surface area contributed by atoms with Gasteiger partial charge in [-0.1, -0.05) is 0 Å². The first-order valence-electron chi connectivity index (χ1n) is 8.58. The van der Waals surface area contributed by atoms with Crippen LogP contribution in [0.15, 0.2) is 18.2 Å². The van der Waals surface area contributed by atoms with E-state index in [9.17, 15) is 19.7 Å². The molecule has 2 aromatic rings. The smallest absolute Gasteiger partial charge is 0.434 e. The number of nitro groups is 1. The number of nitro benzene ring substituents is 1. The quantitative estimate of drug-likeness (QED) is 0.548. The molecule has 1 amide bonds. The number of anilines is 1. The third-order valence-corrected chi connectivity index (χ3v) is 4.25.